The van der Waals surface area contributed by atoms with Crippen LogP contribution < -0.4 is 5.32 Å². The Morgan fingerprint density at radius 1 is 1.16 bits per heavy atom. The van der Waals surface area contributed by atoms with Gasteiger partial charge in [0.2, 0.25) is 0 Å². The summed E-state index contributed by atoms with van der Waals surface area (Å²) >= 11 is 0. The Kier molecular flexibility index (Phi) is 3.02. The molecular formula is C16H19NO2. The van der Waals surface area contributed by atoms with Gasteiger partial charge in [-0.15, -0.1) is 0 Å². The van der Waals surface area contributed by atoms with Gasteiger partial charge < -0.3 is 5.32 Å². The van der Waals surface area contributed by atoms with Crippen LogP contribution in [0, 0.1) is 11.3 Å². The Morgan fingerprint density at radius 3 is 2.42 bits per heavy atom. The maximum absolute atomic E-state index is 12.7. The van der Waals surface area contributed by atoms with E-state index in [2.05, 4.69) is 17.4 Å². The van der Waals surface area contributed by atoms with Crippen molar-refractivity contribution in [2.75, 3.05) is 13.1 Å². The topological polar surface area (TPSA) is 46.2 Å². The molecule has 3 nitrogen and oxygen atoms in total. The van der Waals surface area contributed by atoms with Gasteiger partial charge in [0.25, 0.3) is 0 Å². The fourth-order valence-electron chi connectivity index (χ4n) is 3.26. The minimum absolute atomic E-state index is 0.0474. The van der Waals surface area contributed by atoms with E-state index in [0.717, 1.165) is 19.4 Å². The zero-order valence-electron chi connectivity index (χ0n) is 11.2. The zero-order valence-corrected chi connectivity index (χ0v) is 11.2. The van der Waals surface area contributed by atoms with E-state index in [-0.39, 0.29) is 23.4 Å². The van der Waals surface area contributed by atoms with Gasteiger partial charge >= 0.3 is 0 Å². The molecule has 1 heterocycles. The van der Waals surface area contributed by atoms with Gasteiger partial charge in [0.05, 0.1) is 5.41 Å². The fourth-order valence-corrected chi connectivity index (χ4v) is 3.26. The van der Waals surface area contributed by atoms with Crippen molar-refractivity contribution in [3.8, 4) is 0 Å². The van der Waals surface area contributed by atoms with Crippen LogP contribution in [0.2, 0.25) is 0 Å². The molecule has 100 valence electrons. The maximum Gasteiger partial charge on any atom is 0.151 e. The van der Waals surface area contributed by atoms with E-state index in [9.17, 15) is 9.59 Å². The molecule has 0 bridgehead atoms. The lowest BCUT2D eigenvalue weighted by Crippen LogP contribution is -2.33. The van der Waals surface area contributed by atoms with Gasteiger partial charge in [-0.05, 0) is 25.3 Å². The highest BCUT2D eigenvalue weighted by atomic mass is 16.2. The molecule has 2 unspecified atom stereocenters. The SMILES string of the molecule is CC(=O)C1(C(=O)C2CNCC2c2ccccc2)CC1. The normalized spacial score (nSPS) is 28.1. The Hall–Kier alpha value is -1.48. The second kappa shape index (κ2) is 4.57. The molecule has 1 aromatic rings. The summed E-state index contributed by atoms with van der Waals surface area (Å²) in [6.07, 6.45) is 1.50. The predicted octanol–water partition coefficient (Wildman–Crippen LogP) is 1.93. The predicted molar refractivity (Wildman–Crippen MR) is 72.9 cm³/mol. The third-order valence-corrected chi connectivity index (χ3v) is 4.67. The molecule has 1 aliphatic heterocycles. The van der Waals surface area contributed by atoms with Crippen molar-refractivity contribution in [1.29, 1.82) is 0 Å². The molecule has 2 atom stereocenters. The summed E-state index contributed by atoms with van der Waals surface area (Å²) < 4.78 is 0. The molecular weight excluding hydrogens is 238 g/mol. The average Bonchev–Trinajstić information content (AvgIpc) is 3.10. The monoisotopic (exact) mass is 257 g/mol. The third-order valence-electron chi connectivity index (χ3n) is 4.67. The standard InChI is InChI=1S/C16H19NO2/c1-11(18)16(7-8-16)15(19)14-10-17-9-13(14)12-5-3-2-4-6-12/h2-6,13-14,17H,7-10H2,1H3. The summed E-state index contributed by atoms with van der Waals surface area (Å²) in [5, 5.41) is 3.31. The van der Waals surface area contributed by atoms with Crippen LogP contribution in [0.25, 0.3) is 0 Å². The summed E-state index contributed by atoms with van der Waals surface area (Å²) in [6, 6.07) is 10.2. The van der Waals surface area contributed by atoms with Crippen LogP contribution >= 0.6 is 0 Å². The highest BCUT2D eigenvalue weighted by Crippen LogP contribution is 2.51. The first-order valence-corrected chi connectivity index (χ1v) is 6.96. The van der Waals surface area contributed by atoms with E-state index in [1.165, 1.54) is 5.56 Å². The van der Waals surface area contributed by atoms with Gasteiger partial charge in [-0.1, -0.05) is 30.3 Å². The molecule has 1 N–H and O–H groups in total. The number of carbonyl (C=O) groups is 2. The summed E-state index contributed by atoms with van der Waals surface area (Å²) in [4.78, 5) is 24.4. The first-order valence-electron chi connectivity index (χ1n) is 6.96. The summed E-state index contributed by atoms with van der Waals surface area (Å²) in [5.41, 5.74) is 0.564. The molecule has 2 fully saturated rings. The molecule has 0 spiro atoms. The van der Waals surface area contributed by atoms with Gasteiger partial charge in [0.1, 0.15) is 5.78 Å². The van der Waals surface area contributed by atoms with Crippen LogP contribution in [0.15, 0.2) is 30.3 Å². The second-order valence-corrected chi connectivity index (χ2v) is 5.78. The summed E-state index contributed by atoms with van der Waals surface area (Å²) in [6.45, 7) is 3.09. The van der Waals surface area contributed by atoms with Gasteiger partial charge in [0, 0.05) is 24.9 Å². The Balaban J connectivity index is 1.85. The van der Waals surface area contributed by atoms with Crippen LogP contribution in [-0.4, -0.2) is 24.7 Å². The first kappa shape index (κ1) is 12.5. The van der Waals surface area contributed by atoms with Crippen molar-refractivity contribution in [3.63, 3.8) is 0 Å². The van der Waals surface area contributed by atoms with Crippen LogP contribution in [0.3, 0.4) is 0 Å². The Morgan fingerprint density at radius 2 is 1.84 bits per heavy atom. The van der Waals surface area contributed by atoms with Gasteiger partial charge in [-0.25, -0.2) is 0 Å². The van der Waals surface area contributed by atoms with Crippen molar-refractivity contribution in [2.24, 2.45) is 11.3 Å². The fraction of sp³-hybridized carbons (Fsp3) is 0.500. The minimum atomic E-state index is -0.635. The van der Waals surface area contributed by atoms with E-state index < -0.39 is 5.41 Å². The van der Waals surface area contributed by atoms with Crippen molar-refractivity contribution in [1.82, 2.24) is 5.32 Å². The average molecular weight is 257 g/mol. The van der Waals surface area contributed by atoms with Crippen LogP contribution in [0.5, 0.6) is 0 Å². The van der Waals surface area contributed by atoms with E-state index >= 15 is 0 Å². The molecule has 1 saturated carbocycles. The van der Waals surface area contributed by atoms with Crippen molar-refractivity contribution >= 4 is 11.6 Å². The van der Waals surface area contributed by atoms with Crippen LogP contribution in [0.4, 0.5) is 0 Å². The number of Topliss-reactive ketones (excluding diaryl/α,β-unsaturated/α-hetero) is 2. The van der Waals surface area contributed by atoms with E-state index in [1.54, 1.807) is 6.92 Å². The van der Waals surface area contributed by atoms with Gasteiger partial charge in [-0.3, -0.25) is 9.59 Å². The lowest BCUT2D eigenvalue weighted by atomic mass is 9.79. The molecule has 0 amide bonds. The smallest absolute Gasteiger partial charge is 0.151 e. The molecule has 3 rings (SSSR count). The van der Waals surface area contributed by atoms with Crippen LogP contribution in [0.1, 0.15) is 31.2 Å². The van der Waals surface area contributed by atoms with Crippen LogP contribution in [-0.2, 0) is 9.59 Å². The van der Waals surface area contributed by atoms with Crippen molar-refractivity contribution in [3.05, 3.63) is 35.9 Å². The number of carbonyl (C=O) groups excluding carboxylic acids is 2. The number of hydrogen-bond donors (Lipinski definition) is 1. The lowest BCUT2D eigenvalue weighted by Gasteiger charge is -2.21. The van der Waals surface area contributed by atoms with E-state index in [4.69, 9.17) is 0 Å². The van der Waals surface area contributed by atoms with Gasteiger partial charge in [-0.2, -0.15) is 0 Å². The Labute approximate surface area is 113 Å². The number of rotatable bonds is 4. The lowest BCUT2D eigenvalue weighted by molar-refractivity contribution is -0.135. The summed E-state index contributed by atoms with van der Waals surface area (Å²) in [5.74, 6) is 0.384. The number of hydrogen-bond acceptors (Lipinski definition) is 3. The summed E-state index contributed by atoms with van der Waals surface area (Å²) in [7, 11) is 0. The highest BCUT2D eigenvalue weighted by Gasteiger charge is 2.57. The Bertz CT molecular complexity index is 505. The van der Waals surface area contributed by atoms with Crippen molar-refractivity contribution in [2.45, 2.75) is 25.7 Å². The zero-order chi connectivity index (χ0) is 13.5. The molecule has 1 aromatic carbocycles. The van der Waals surface area contributed by atoms with Crippen molar-refractivity contribution < 1.29 is 9.59 Å². The number of ketones is 2. The third kappa shape index (κ3) is 2.02. The number of nitrogens with one attached hydrogen (secondary N) is 1. The molecule has 3 heteroatoms. The highest BCUT2D eigenvalue weighted by molar-refractivity contribution is 6.10. The second-order valence-electron chi connectivity index (χ2n) is 5.78. The largest absolute Gasteiger partial charge is 0.315 e. The molecule has 0 aromatic heterocycles. The maximum atomic E-state index is 12.7. The molecule has 1 aliphatic carbocycles. The number of benzene rings is 1. The first-order chi connectivity index (χ1) is 9.15. The molecule has 19 heavy (non-hydrogen) atoms. The van der Waals surface area contributed by atoms with E-state index in [0.29, 0.717) is 6.54 Å². The van der Waals surface area contributed by atoms with E-state index in [1.807, 2.05) is 18.2 Å². The minimum Gasteiger partial charge on any atom is -0.315 e. The quantitative estimate of drug-likeness (QED) is 0.838. The van der Waals surface area contributed by atoms with Gasteiger partial charge in [0.15, 0.2) is 5.78 Å². The molecule has 2 aliphatic rings. The molecule has 1 saturated heterocycles. The molecule has 0 radical (unpaired) electrons.